The average molecular weight is 373 g/mol. The maximum Gasteiger partial charge on any atom is 0.227 e. The van der Waals surface area contributed by atoms with E-state index in [1.165, 1.54) is 0 Å². The van der Waals surface area contributed by atoms with Crippen molar-refractivity contribution in [2.75, 3.05) is 11.9 Å². The van der Waals surface area contributed by atoms with Crippen LogP contribution in [0.15, 0.2) is 77.5 Å². The van der Waals surface area contributed by atoms with Gasteiger partial charge in [-0.2, -0.15) is 0 Å². The van der Waals surface area contributed by atoms with E-state index in [0.717, 1.165) is 16.8 Å². The third kappa shape index (κ3) is 4.35. The van der Waals surface area contributed by atoms with Crippen LogP contribution in [-0.2, 0) is 4.79 Å². The molecule has 4 aromatic rings. The van der Waals surface area contributed by atoms with Gasteiger partial charge >= 0.3 is 0 Å². The summed E-state index contributed by atoms with van der Waals surface area (Å²) in [4.78, 5) is 20.6. The van der Waals surface area contributed by atoms with Crippen molar-refractivity contribution in [3.05, 3.63) is 73.1 Å². The molecular weight excluding hydrogens is 354 g/mol. The van der Waals surface area contributed by atoms with Crippen molar-refractivity contribution in [1.29, 1.82) is 0 Å². The zero-order chi connectivity index (χ0) is 19.2. The van der Waals surface area contributed by atoms with Gasteiger partial charge in [0, 0.05) is 36.1 Å². The fraction of sp³-hybridized carbons (Fsp3) is 0.136. The van der Waals surface area contributed by atoms with Gasteiger partial charge in [-0.1, -0.05) is 18.2 Å². The molecule has 0 saturated carbocycles. The Labute approximate surface area is 162 Å². The lowest BCUT2D eigenvalue weighted by molar-refractivity contribution is -0.116. The molecule has 0 aliphatic rings. The van der Waals surface area contributed by atoms with Gasteiger partial charge in [0.25, 0.3) is 0 Å². The molecule has 2 heterocycles. The third-order valence-corrected chi connectivity index (χ3v) is 4.16. The van der Waals surface area contributed by atoms with Crippen LogP contribution in [0.4, 0.5) is 5.69 Å². The van der Waals surface area contributed by atoms with Gasteiger partial charge in [-0.25, -0.2) is 4.98 Å². The quantitative estimate of drug-likeness (QED) is 0.476. The maximum absolute atomic E-state index is 12.2. The van der Waals surface area contributed by atoms with Crippen LogP contribution in [-0.4, -0.2) is 22.5 Å². The van der Waals surface area contributed by atoms with Crippen molar-refractivity contribution in [1.82, 2.24) is 9.97 Å². The number of hydrogen-bond donors (Lipinski definition) is 1. The number of fused-ring (bicyclic) bond motifs is 1. The molecule has 0 saturated heterocycles. The highest BCUT2D eigenvalue weighted by molar-refractivity contribution is 5.92. The summed E-state index contributed by atoms with van der Waals surface area (Å²) in [5.41, 5.74) is 2.90. The lowest BCUT2D eigenvalue weighted by atomic mass is 10.2. The number of hydrogen-bond acceptors (Lipinski definition) is 5. The van der Waals surface area contributed by atoms with E-state index in [2.05, 4.69) is 15.3 Å². The molecule has 0 bridgehead atoms. The number of aromatic nitrogens is 2. The zero-order valence-corrected chi connectivity index (χ0v) is 15.2. The number of para-hydroxylation sites is 1. The van der Waals surface area contributed by atoms with E-state index in [4.69, 9.17) is 9.15 Å². The molecule has 0 unspecified atom stereocenters. The van der Waals surface area contributed by atoms with Gasteiger partial charge in [0.2, 0.25) is 11.8 Å². The number of amides is 1. The highest BCUT2D eigenvalue weighted by atomic mass is 16.5. The number of rotatable bonds is 7. The first kappa shape index (κ1) is 17.7. The Kier molecular flexibility index (Phi) is 5.29. The molecule has 0 aliphatic heterocycles. The Morgan fingerprint density at radius 1 is 1.04 bits per heavy atom. The third-order valence-electron chi connectivity index (χ3n) is 4.16. The summed E-state index contributed by atoms with van der Waals surface area (Å²) >= 11 is 0. The summed E-state index contributed by atoms with van der Waals surface area (Å²) in [6.07, 6.45) is 4.40. The van der Waals surface area contributed by atoms with E-state index < -0.39 is 0 Å². The van der Waals surface area contributed by atoms with Crippen molar-refractivity contribution in [2.24, 2.45) is 0 Å². The molecule has 28 heavy (non-hydrogen) atoms. The highest BCUT2D eigenvalue weighted by Gasteiger charge is 2.10. The maximum atomic E-state index is 12.2. The molecular formula is C22H19N3O3. The summed E-state index contributed by atoms with van der Waals surface area (Å²) in [5.74, 6) is 1.27. The number of nitrogens with zero attached hydrogens (tertiary/aromatic N) is 2. The summed E-state index contributed by atoms with van der Waals surface area (Å²) in [5, 5.41) is 2.89. The van der Waals surface area contributed by atoms with E-state index >= 15 is 0 Å². The molecule has 0 aliphatic carbocycles. The topological polar surface area (TPSA) is 77.2 Å². The van der Waals surface area contributed by atoms with Crippen LogP contribution >= 0.6 is 0 Å². The first-order chi connectivity index (χ1) is 13.8. The Bertz CT molecular complexity index is 1060. The van der Waals surface area contributed by atoms with E-state index in [-0.39, 0.29) is 5.91 Å². The summed E-state index contributed by atoms with van der Waals surface area (Å²) in [6, 6.07) is 18.7. The van der Waals surface area contributed by atoms with Crippen LogP contribution in [0.5, 0.6) is 5.75 Å². The molecule has 0 spiro atoms. The molecule has 1 N–H and O–H groups in total. The second-order valence-electron chi connectivity index (χ2n) is 6.25. The molecule has 2 aromatic carbocycles. The second-order valence-corrected chi connectivity index (χ2v) is 6.25. The average Bonchev–Trinajstić information content (AvgIpc) is 3.16. The number of carbonyl (C=O) groups excluding carboxylic acids is 1. The SMILES string of the molecule is O=C(CCCOc1ccccc1)Nc1ccc2nc(-c3ccncc3)oc2c1. The Balaban J connectivity index is 1.33. The van der Waals surface area contributed by atoms with Crippen LogP contribution in [0.25, 0.3) is 22.6 Å². The van der Waals surface area contributed by atoms with Crippen LogP contribution in [0.2, 0.25) is 0 Å². The summed E-state index contributed by atoms with van der Waals surface area (Å²) in [7, 11) is 0. The van der Waals surface area contributed by atoms with Crippen molar-refractivity contribution in [2.45, 2.75) is 12.8 Å². The van der Waals surface area contributed by atoms with Crippen LogP contribution in [0.1, 0.15) is 12.8 Å². The number of nitrogens with one attached hydrogen (secondary N) is 1. The van der Waals surface area contributed by atoms with E-state index in [1.807, 2.05) is 54.6 Å². The fourth-order valence-electron chi connectivity index (χ4n) is 2.78. The normalized spacial score (nSPS) is 10.7. The van der Waals surface area contributed by atoms with Crippen molar-refractivity contribution >= 4 is 22.7 Å². The van der Waals surface area contributed by atoms with Crippen molar-refractivity contribution in [3.63, 3.8) is 0 Å². The summed E-state index contributed by atoms with van der Waals surface area (Å²) in [6.45, 7) is 0.494. The molecule has 6 heteroatoms. The fourth-order valence-corrected chi connectivity index (χ4v) is 2.78. The van der Waals surface area contributed by atoms with Gasteiger partial charge in [-0.3, -0.25) is 9.78 Å². The van der Waals surface area contributed by atoms with Gasteiger partial charge in [0.05, 0.1) is 6.61 Å². The van der Waals surface area contributed by atoms with Crippen LogP contribution < -0.4 is 10.1 Å². The zero-order valence-electron chi connectivity index (χ0n) is 15.2. The van der Waals surface area contributed by atoms with E-state index in [1.54, 1.807) is 18.5 Å². The van der Waals surface area contributed by atoms with Gasteiger partial charge < -0.3 is 14.5 Å². The van der Waals surface area contributed by atoms with Gasteiger partial charge in [-0.05, 0) is 42.8 Å². The molecule has 0 fully saturated rings. The predicted molar refractivity (Wildman–Crippen MR) is 107 cm³/mol. The van der Waals surface area contributed by atoms with Gasteiger partial charge in [0.15, 0.2) is 5.58 Å². The van der Waals surface area contributed by atoms with Gasteiger partial charge in [-0.15, -0.1) is 0 Å². The molecule has 2 aromatic heterocycles. The minimum absolute atomic E-state index is 0.0649. The monoisotopic (exact) mass is 373 g/mol. The lowest BCUT2D eigenvalue weighted by Gasteiger charge is -2.07. The second kappa shape index (κ2) is 8.35. The predicted octanol–water partition coefficient (Wildman–Crippen LogP) is 4.69. The van der Waals surface area contributed by atoms with Crippen molar-refractivity contribution in [3.8, 4) is 17.2 Å². The molecule has 4 rings (SSSR count). The summed E-state index contributed by atoms with van der Waals surface area (Å²) < 4.78 is 11.4. The number of carbonyl (C=O) groups is 1. The number of anilines is 1. The number of oxazole rings is 1. The first-order valence-electron chi connectivity index (χ1n) is 9.07. The highest BCUT2D eigenvalue weighted by Crippen LogP contribution is 2.26. The number of pyridine rings is 1. The Morgan fingerprint density at radius 2 is 1.86 bits per heavy atom. The molecule has 1 amide bonds. The Morgan fingerprint density at radius 3 is 2.68 bits per heavy atom. The first-order valence-corrected chi connectivity index (χ1v) is 9.07. The van der Waals surface area contributed by atoms with Crippen LogP contribution in [0.3, 0.4) is 0 Å². The minimum atomic E-state index is -0.0649. The van der Waals surface area contributed by atoms with E-state index in [9.17, 15) is 4.79 Å². The molecule has 0 atom stereocenters. The van der Waals surface area contributed by atoms with E-state index in [0.29, 0.717) is 36.6 Å². The lowest BCUT2D eigenvalue weighted by Crippen LogP contribution is -2.12. The van der Waals surface area contributed by atoms with Crippen molar-refractivity contribution < 1.29 is 13.9 Å². The van der Waals surface area contributed by atoms with Gasteiger partial charge in [0.1, 0.15) is 11.3 Å². The molecule has 0 radical (unpaired) electrons. The minimum Gasteiger partial charge on any atom is -0.494 e. The number of benzene rings is 2. The number of ether oxygens (including phenoxy) is 1. The molecule has 6 nitrogen and oxygen atoms in total. The van der Waals surface area contributed by atoms with Crippen LogP contribution in [0, 0.1) is 0 Å². The molecule has 140 valence electrons. The largest absolute Gasteiger partial charge is 0.494 e. The smallest absolute Gasteiger partial charge is 0.227 e. The Hall–Kier alpha value is -3.67. The standard InChI is InChI=1S/C22H19N3O3/c26-21(7-4-14-27-18-5-2-1-3-6-18)24-17-8-9-19-20(15-17)28-22(25-19)16-10-12-23-13-11-16/h1-3,5-6,8-13,15H,4,7,14H2,(H,24,26).